The summed E-state index contributed by atoms with van der Waals surface area (Å²) < 4.78 is 2.18. The molecule has 4 nitrogen and oxygen atoms in total. The van der Waals surface area contributed by atoms with E-state index in [2.05, 4.69) is 29.6 Å². The van der Waals surface area contributed by atoms with E-state index in [9.17, 15) is 0 Å². The molecule has 1 atom stereocenters. The molecule has 0 aliphatic heterocycles. The Bertz CT molecular complexity index is 586. The highest BCUT2D eigenvalue weighted by Crippen LogP contribution is 2.38. The van der Waals surface area contributed by atoms with Crippen LogP contribution in [0.5, 0.6) is 0 Å². The van der Waals surface area contributed by atoms with Crippen LogP contribution in [0, 0.1) is 0 Å². The molecule has 0 bridgehead atoms. The lowest BCUT2D eigenvalue weighted by molar-refractivity contribution is 0.478. The molecule has 20 heavy (non-hydrogen) atoms. The molecule has 0 amide bonds. The molecule has 2 heterocycles. The molecule has 0 aromatic carbocycles. The van der Waals surface area contributed by atoms with Gasteiger partial charge >= 0.3 is 0 Å². The van der Waals surface area contributed by atoms with E-state index in [1.54, 1.807) is 6.20 Å². The molecule has 0 fully saturated rings. The van der Waals surface area contributed by atoms with E-state index in [0.29, 0.717) is 18.5 Å². The molecule has 0 saturated heterocycles. The molecule has 0 saturated carbocycles. The number of nitrogens with two attached hydrogens (primary N) is 1. The number of aromatic nitrogens is 3. The number of pyridine rings is 1. The lowest BCUT2D eigenvalue weighted by atomic mass is 9.84. The normalized spacial score (nSPS) is 18.3. The Morgan fingerprint density at radius 1 is 1.45 bits per heavy atom. The molecule has 1 unspecified atom stereocenters. The van der Waals surface area contributed by atoms with Gasteiger partial charge in [0, 0.05) is 41.2 Å². The minimum Gasteiger partial charge on any atom is -0.330 e. The average Bonchev–Trinajstić information content (AvgIpc) is 2.88. The number of fused-ring (bicyclic) bond motifs is 1. The van der Waals surface area contributed by atoms with Crippen LogP contribution >= 0.6 is 0 Å². The molecular formula is C16H22N4. The summed E-state index contributed by atoms with van der Waals surface area (Å²) in [4.78, 5) is 4.23. The summed E-state index contributed by atoms with van der Waals surface area (Å²) in [6.45, 7) is 5.07. The van der Waals surface area contributed by atoms with Crippen molar-refractivity contribution < 1.29 is 0 Å². The second kappa shape index (κ2) is 5.37. The van der Waals surface area contributed by atoms with Gasteiger partial charge < -0.3 is 5.73 Å². The van der Waals surface area contributed by atoms with Crippen molar-refractivity contribution >= 4 is 0 Å². The van der Waals surface area contributed by atoms with E-state index < -0.39 is 0 Å². The van der Waals surface area contributed by atoms with Crippen LogP contribution in [-0.2, 0) is 6.42 Å². The van der Waals surface area contributed by atoms with E-state index in [1.807, 2.05) is 12.3 Å². The van der Waals surface area contributed by atoms with E-state index >= 15 is 0 Å². The maximum absolute atomic E-state index is 6.00. The summed E-state index contributed by atoms with van der Waals surface area (Å²) in [6.07, 6.45) is 7.18. The smallest absolute Gasteiger partial charge is 0.0976 e. The first kappa shape index (κ1) is 13.3. The molecule has 2 N–H and O–H groups in total. The molecule has 2 aromatic heterocycles. The quantitative estimate of drug-likeness (QED) is 0.933. The molecule has 1 aliphatic carbocycles. The fourth-order valence-corrected chi connectivity index (χ4v) is 3.20. The van der Waals surface area contributed by atoms with Crippen molar-refractivity contribution in [2.24, 2.45) is 5.73 Å². The third kappa shape index (κ3) is 2.14. The molecule has 2 aromatic rings. The first-order valence-electron chi connectivity index (χ1n) is 7.44. The SMILES string of the molecule is CC(C)n1nc(-c2cccnc2)c2c1CCCC2CN. The maximum atomic E-state index is 6.00. The van der Waals surface area contributed by atoms with Crippen LogP contribution in [0.2, 0.25) is 0 Å². The summed E-state index contributed by atoms with van der Waals surface area (Å²) in [5.74, 6) is 0.432. The van der Waals surface area contributed by atoms with Crippen LogP contribution in [0.4, 0.5) is 0 Å². The van der Waals surface area contributed by atoms with Crippen LogP contribution < -0.4 is 5.73 Å². The number of nitrogens with zero attached hydrogens (tertiary/aromatic N) is 3. The van der Waals surface area contributed by atoms with Crippen molar-refractivity contribution in [2.45, 2.75) is 45.1 Å². The molecule has 4 heteroatoms. The van der Waals surface area contributed by atoms with Crippen molar-refractivity contribution in [3.8, 4) is 11.3 Å². The Morgan fingerprint density at radius 2 is 2.30 bits per heavy atom. The minimum atomic E-state index is 0.380. The van der Waals surface area contributed by atoms with Gasteiger partial charge in [0.1, 0.15) is 0 Å². The molecule has 0 spiro atoms. The third-order valence-electron chi connectivity index (χ3n) is 4.13. The molecular weight excluding hydrogens is 248 g/mol. The Hall–Kier alpha value is -1.68. The average molecular weight is 270 g/mol. The van der Waals surface area contributed by atoms with E-state index in [0.717, 1.165) is 17.7 Å². The Labute approximate surface area is 120 Å². The zero-order valence-corrected chi connectivity index (χ0v) is 12.2. The van der Waals surface area contributed by atoms with Crippen LogP contribution in [-0.4, -0.2) is 21.3 Å². The van der Waals surface area contributed by atoms with Gasteiger partial charge in [-0.2, -0.15) is 5.10 Å². The van der Waals surface area contributed by atoms with Crippen molar-refractivity contribution in [1.82, 2.24) is 14.8 Å². The minimum absolute atomic E-state index is 0.380. The zero-order valence-electron chi connectivity index (χ0n) is 12.2. The predicted molar refractivity (Wildman–Crippen MR) is 80.6 cm³/mol. The fraction of sp³-hybridized carbons (Fsp3) is 0.500. The summed E-state index contributed by atoms with van der Waals surface area (Å²) in [6, 6.07) is 4.43. The van der Waals surface area contributed by atoms with E-state index in [-0.39, 0.29) is 0 Å². The van der Waals surface area contributed by atoms with Gasteiger partial charge in [-0.3, -0.25) is 9.67 Å². The van der Waals surface area contributed by atoms with Gasteiger partial charge in [-0.25, -0.2) is 0 Å². The van der Waals surface area contributed by atoms with Crippen molar-refractivity contribution in [3.05, 3.63) is 35.8 Å². The molecule has 1 aliphatic rings. The van der Waals surface area contributed by atoms with E-state index in [4.69, 9.17) is 10.8 Å². The second-order valence-electron chi connectivity index (χ2n) is 5.81. The van der Waals surface area contributed by atoms with Crippen molar-refractivity contribution in [3.63, 3.8) is 0 Å². The van der Waals surface area contributed by atoms with Gasteiger partial charge in [-0.05, 0) is 51.8 Å². The Balaban J connectivity index is 2.19. The predicted octanol–water partition coefficient (Wildman–Crippen LogP) is 2.90. The van der Waals surface area contributed by atoms with Gasteiger partial charge in [0.25, 0.3) is 0 Å². The number of hydrogen-bond acceptors (Lipinski definition) is 3. The van der Waals surface area contributed by atoms with Crippen molar-refractivity contribution in [1.29, 1.82) is 0 Å². The highest BCUT2D eigenvalue weighted by atomic mass is 15.3. The summed E-state index contributed by atoms with van der Waals surface area (Å²) in [5.41, 5.74) is 10.9. The zero-order chi connectivity index (χ0) is 14.1. The van der Waals surface area contributed by atoms with Crippen molar-refractivity contribution in [2.75, 3.05) is 6.54 Å². The van der Waals surface area contributed by atoms with Gasteiger partial charge in [0.05, 0.1) is 5.69 Å². The molecule has 3 rings (SSSR count). The number of hydrogen-bond donors (Lipinski definition) is 1. The fourth-order valence-electron chi connectivity index (χ4n) is 3.20. The molecule has 106 valence electrons. The third-order valence-corrected chi connectivity index (χ3v) is 4.13. The first-order valence-corrected chi connectivity index (χ1v) is 7.44. The topological polar surface area (TPSA) is 56.7 Å². The Kier molecular flexibility index (Phi) is 3.57. The summed E-state index contributed by atoms with van der Waals surface area (Å²) in [7, 11) is 0. The standard InChI is InChI=1S/C16H22N4/c1-11(2)20-14-7-3-5-12(9-17)15(14)16(19-20)13-6-4-8-18-10-13/h4,6,8,10-12H,3,5,7,9,17H2,1-2H3. The van der Waals surface area contributed by atoms with Crippen LogP contribution in [0.15, 0.2) is 24.5 Å². The molecule has 0 radical (unpaired) electrons. The van der Waals surface area contributed by atoms with Crippen LogP contribution in [0.25, 0.3) is 11.3 Å². The first-order chi connectivity index (χ1) is 9.72. The van der Waals surface area contributed by atoms with Crippen LogP contribution in [0.3, 0.4) is 0 Å². The maximum Gasteiger partial charge on any atom is 0.0976 e. The lowest BCUT2D eigenvalue weighted by Crippen LogP contribution is -2.20. The second-order valence-corrected chi connectivity index (χ2v) is 5.81. The van der Waals surface area contributed by atoms with Gasteiger partial charge in [0.15, 0.2) is 0 Å². The monoisotopic (exact) mass is 270 g/mol. The number of rotatable bonds is 3. The summed E-state index contributed by atoms with van der Waals surface area (Å²) >= 11 is 0. The lowest BCUT2D eigenvalue weighted by Gasteiger charge is -2.23. The van der Waals surface area contributed by atoms with Crippen LogP contribution in [0.1, 0.15) is 49.9 Å². The van der Waals surface area contributed by atoms with Gasteiger partial charge in [-0.1, -0.05) is 0 Å². The van der Waals surface area contributed by atoms with Gasteiger partial charge in [0.2, 0.25) is 0 Å². The van der Waals surface area contributed by atoms with Gasteiger partial charge in [-0.15, -0.1) is 0 Å². The summed E-state index contributed by atoms with van der Waals surface area (Å²) in [5, 5.41) is 4.88. The Morgan fingerprint density at radius 3 is 2.95 bits per heavy atom. The highest BCUT2D eigenvalue weighted by Gasteiger charge is 2.29. The highest BCUT2D eigenvalue weighted by molar-refractivity contribution is 5.64. The largest absolute Gasteiger partial charge is 0.330 e. The van der Waals surface area contributed by atoms with E-state index in [1.165, 1.54) is 24.1 Å².